The lowest BCUT2D eigenvalue weighted by Gasteiger charge is -2.35. The third-order valence-corrected chi connectivity index (χ3v) is 7.73. The number of nitrogens with one attached hydrogen (secondary N) is 1. The molecule has 188 valence electrons. The van der Waals surface area contributed by atoms with Crippen molar-refractivity contribution in [1.82, 2.24) is 15.1 Å². The molecular weight excluding hydrogens is 448 g/mol. The van der Waals surface area contributed by atoms with Crippen molar-refractivity contribution in [1.29, 1.82) is 0 Å². The number of carbonyl (C=O) groups is 1. The van der Waals surface area contributed by atoms with Gasteiger partial charge in [0.2, 0.25) is 11.8 Å². The average Bonchev–Trinajstić information content (AvgIpc) is 3.16. The summed E-state index contributed by atoms with van der Waals surface area (Å²) < 4.78 is 6.02. The van der Waals surface area contributed by atoms with Gasteiger partial charge in [-0.25, -0.2) is 4.99 Å². The molecule has 3 aliphatic rings. The fourth-order valence-electron chi connectivity index (χ4n) is 5.77. The van der Waals surface area contributed by atoms with Crippen molar-refractivity contribution in [3.05, 3.63) is 34.9 Å². The second kappa shape index (κ2) is 11.9. The standard InChI is InChI=1S/C27H41ClN4O2/c1-19-14-20(2)17-32(16-19)11-5-10-29-26(33)22-8-12-31(13-9-22)18-25-21(3)34-27(30-25)23-6-4-7-24(28)15-23/h4,6-7,15,19-22,25H,5,8-14,16-18H2,1-3H3,(H,29,33)/t19-,20+,21?,25?. The zero-order chi connectivity index (χ0) is 24.1. The maximum atomic E-state index is 12.7. The second-order valence-corrected chi connectivity index (χ2v) is 11.2. The average molecular weight is 489 g/mol. The topological polar surface area (TPSA) is 57.2 Å². The minimum absolute atomic E-state index is 0.0425. The number of amides is 1. The number of rotatable bonds is 8. The first kappa shape index (κ1) is 25.5. The molecule has 34 heavy (non-hydrogen) atoms. The summed E-state index contributed by atoms with van der Waals surface area (Å²) in [5.74, 6) is 2.63. The van der Waals surface area contributed by atoms with E-state index in [4.69, 9.17) is 21.3 Å². The third-order valence-electron chi connectivity index (χ3n) is 7.49. The Morgan fingerprint density at radius 3 is 2.59 bits per heavy atom. The zero-order valence-electron chi connectivity index (χ0n) is 21.0. The van der Waals surface area contributed by atoms with Crippen LogP contribution in [-0.2, 0) is 9.53 Å². The number of carbonyl (C=O) groups excluding carboxylic acids is 1. The fourth-order valence-corrected chi connectivity index (χ4v) is 5.96. The lowest BCUT2D eigenvalue weighted by molar-refractivity contribution is -0.126. The highest BCUT2D eigenvalue weighted by molar-refractivity contribution is 6.31. The smallest absolute Gasteiger partial charge is 0.223 e. The van der Waals surface area contributed by atoms with Gasteiger partial charge in [-0.05, 0) is 82.3 Å². The molecule has 1 N–H and O–H groups in total. The van der Waals surface area contributed by atoms with Gasteiger partial charge >= 0.3 is 0 Å². The molecule has 0 aliphatic carbocycles. The van der Waals surface area contributed by atoms with Crippen LogP contribution in [0.4, 0.5) is 0 Å². The van der Waals surface area contributed by atoms with E-state index in [9.17, 15) is 4.79 Å². The van der Waals surface area contributed by atoms with Gasteiger partial charge in [0.1, 0.15) is 12.1 Å². The van der Waals surface area contributed by atoms with E-state index in [-0.39, 0.29) is 24.0 Å². The van der Waals surface area contributed by atoms with Crippen molar-refractivity contribution in [2.75, 3.05) is 45.8 Å². The Labute approximate surface area is 210 Å². The number of hydrogen-bond acceptors (Lipinski definition) is 5. The van der Waals surface area contributed by atoms with E-state index in [1.807, 2.05) is 24.3 Å². The van der Waals surface area contributed by atoms with Crippen LogP contribution in [0.15, 0.2) is 29.3 Å². The molecule has 4 rings (SSSR count). The van der Waals surface area contributed by atoms with Crippen LogP contribution in [0.1, 0.15) is 52.0 Å². The van der Waals surface area contributed by atoms with E-state index in [0.717, 1.165) is 69.4 Å². The number of halogens is 1. The van der Waals surface area contributed by atoms with Gasteiger partial charge in [0, 0.05) is 42.7 Å². The third kappa shape index (κ3) is 6.96. The first-order valence-corrected chi connectivity index (χ1v) is 13.5. The second-order valence-electron chi connectivity index (χ2n) is 10.8. The number of nitrogens with zero attached hydrogens (tertiary/aromatic N) is 3. The SMILES string of the molecule is CC1OC(c2cccc(Cl)c2)=NC1CN1CCC(C(=O)NCCCN2C[C@H](C)C[C@H](C)C2)CC1. The van der Waals surface area contributed by atoms with Crippen LogP contribution in [0.5, 0.6) is 0 Å². The number of ether oxygens (including phenoxy) is 1. The molecule has 4 atom stereocenters. The van der Waals surface area contributed by atoms with Crippen molar-refractivity contribution in [2.24, 2.45) is 22.7 Å². The van der Waals surface area contributed by atoms with Crippen LogP contribution in [0.25, 0.3) is 0 Å². The zero-order valence-corrected chi connectivity index (χ0v) is 21.8. The van der Waals surface area contributed by atoms with Gasteiger partial charge in [0.15, 0.2) is 0 Å². The van der Waals surface area contributed by atoms with Gasteiger partial charge in [-0.15, -0.1) is 0 Å². The predicted molar refractivity (Wildman–Crippen MR) is 138 cm³/mol. The molecule has 2 fully saturated rings. The first-order chi connectivity index (χ1) is 16.4. The summed E-state index contributed by atoms with van der Waals surface area (Å²) >= 11 is 6.12. The molecule has 0 radical (unpaired) electrons. The quantitative estimate of drug-likeness (QED) is 0.560. The molecule has 2 unspecified atom stereocenters. The molecule has 1 amide bonds. The predicted octanol–water partition coefficient (Wildman–Crippen LogP) is 4.07. The maximum Gasteiger partial charge on any atom is 0.223 e. The van der Waals surface area contributed by atoms with Crippen molar-refractivity contribution in [3.63, 3.8) is 0 Å². The Morgan fingerprint density at radius 2 is 1.88 bits per heavy atom. The van der Waals surface area contributed by atoms with Crippen molar-refractivity contribution in [3.8, 4) is 0 Å². The highest BCUT2D eigenvalue weighted by Gasteiger charge is 2.32. The number of piperidine rings is 2. The molecule has 2 saturated heterocycles. The first-order valence-electron chi connectivity index (χ1n) is 13.1. The number of hydrogen-bond donors (Lipinski definition) is 1. The van der Waals surface area contributed by atoms with E-state index in [0.29, 0.717) is 10.9 Å². The fraction of sp³-hybridized carbons (Fsp3) is 0.704. The van der Waals surface area contributed by atoms with Crippen LogP contribution in [0.3, 0.4) is 0 Å². The Bertz CT molecular complexity index is 845. The summed E-state index contributed by atoms with van der Waals surface area (Å²) in [6.07, 6.45) is 4.25. The van der Waals surface area contributed by atoms with E-state index in [2.05, 4.69) is 35.9 Å². The molecule has 1 aromatic carbocycles. The summed E-state index contributed by atoms with van der Waals surface area (Å²) in [6, 6.07) is 7.77. The number of aliphatic imine (C=N–C) groups is 1. The van der Waals surface area contributed by atoms with Crippen LogP contribution < -0.4 is 5.32 Å². The summed E-state index contributed by atoms with van der Waals surface area (Å²) in [5.41, 5.74) is 0.932. The Balaban J connectivity index is 1.15. The molecule has 0 bridgehead atoms. The summed E-state index contributed by atoms with van der Waals surface area (Å²) in [5, 5.41) is 3.89. The highest BCUT2D eigenvalue weighted by atomic mass is 35.5. The van der Waals surface area contributed by atoms with Gasteiger partial charge in [0.25, 0.3) is 0 Å². The lowest BCUT2D eigenvalue weighted by atomic mass is 9.92. The van der Waals surface area contributed by atoms with Gasteiger partial charge in [0.05, 0.1) is 0 Å². The Kier molecular flexibility index (Phi) is 8.89. The lowest BCUT2D eigenvalue weighted by Crippen LogP contribution is -2.44. The number of likely N-dealkylation sites (tertiary alicyclic amines) is 2. The number of benzene rings is 1. The molecule has 6 nitrogen and oxygen atoms in total. The van der Waals surface area contributed by atoms with Crippen LogP contribution >= 0.6 is 11.6 Å². The van der Waals surface area contributed by atoms with Crippen LogP contribution in [0.2, 0.25) is 5.02 Å². The van der Waals surface area contributed by atoms with Gasteiger partial charge in [-0.1, -0.05) is 31.5 Å². The van der Waals surface area contributed by atoms with Gasteiger partial charge in [-0.2, -0.15) is 0 Å². The van der Waals surface area contributed by atoms with E-state index in [1.54, 1.807) is 0 Å². The van der Waals surface area contributed by atoms with E-state index in [1.165, 1.54) is 19.5 Å². The molecule has 3 heterocycles. The molecular formula is C27H41ClN4O2. The van der Waals surface area contributed by atoms with Gasteiger partial charge < -0.3 is 19.9 Å². The minimum atomic E-state index is 0.0425. The summed E-state index contributed by atoms with van der Waals surface area (Å²) in [7, 11) is 0. The molecule has 0 spiro atoms. The Hall–Kier alpha value is -1.63. The van der Waals surface area contributed by atoms with Crippen molar-refractivity contribution < 1.29 is 9.53 Å². The Morgan fingerprint density at radius 1 is 1.15 bits per heavy atom. The highest BCUT2D eigenvalue weighted by Crippen LogP contribution is 2.24. The van der Waals surface area contributed by atoms with Crippen LogP contribution in [-0.4, -0.2) is 79.6 Å². The molecule has 0 aromatic heterocycles. The molecule has 1 aromatic rings. The largest absolute Gasteiger partial charge is 0.472 e. The molecule has 7 heteroatoms. The molecule has 3 aliphatic heterocycles. The van der Waals surface area contributed by atoms with E-state index < -0.39 is 0 Å². The summed E-state index contributed by atoms with van der Waals surface area (Å²) in [4.78, 5) is 22.5. The molecule has 0 saturated carbocycles. The van der Waals surface area contributed by atoms with Gasteiger partial charge in [-0.3, -0.25) is 4.79 Å². The van der Waals surface area contributed by atoms with Crippen LogP contribution in [0, 0.1) is 17.8 Å². The van der Waals surface area contributed by atoms with Crippen molar-refractivity contribution in [2.45, 2.75) is 58.6 Å². The summed E-state index contributed by atoms with van der Waals surface area (Å²) in [6.45, 7) is 13.8. The minimum Gasteiger partial charge on any atom is -0.472 e. The van der Waals surface area contributed by atoms with Crippen molar-refractivity contribution >= 4 is 23.4 Å². The van der Waals surface area contributed by atoms with E-state index >= 15 is 0 Å². The maximum absolute atomic E-state index is 12.7. The monoisotopic (exact) mass is 488 g/mol. The normalized spacial score (nSPS) is 29.0.